The number of nitrogens with one attached hydrogen (secondary N) is 1. The van der Waals surface area contributed by atoms with Gasteiger partial charge in [-0.3, -0.25) is 9.59 Å². The number of pyridine rings is 1. The van der Waals surface area contributed by atoms with Crippen LogP contribution in [-0.2, 0) is 16.1 Å². The molecule has 0 aliphatic heterocycles. The van der Waals surface area contributed by atoms with Gasteiger partial charge in [-0.15, -0.1) is 0 Å². The molecule has 94 valence electrons. The van der Waals surface area contributed by atoms with Crippen molar-refractivity contribution in [1.29, 1.82) is 0 Å². The number of esters is 1. The molecule has 4 heteroatoms. The van der Waals surface area contributed by atoms with E-state index in [1.165, 1.54) is 0 Å². The summed E-state index contributed by atoms with van der Waals surface area (Å²) in [6, 6.07) is 9.24. The number of ether oxygens (including phenoxy) is 1. The summed E-state index contributed by atoms with van der Waals surface area (Å²) in [6.45, 7) is 3.52. The van der Waals surface area contributed by atoms with Crippen molar-refractivity contribution in [2.24, 2.45) is 5.92 Å². The summed E-state index contributed by atoms with van der Waals surface area (Å²) >= 11 is 0. The van der Waals surface area contributed by atoms with Crippen LogP contribution in [0, 0.1) is 5.92 Å². The van der Waals surface area contributed by atoms with Gasteiger partial charge in [0.2, 0.25) is 0 Å². The number of carbonyl (C=O) groups excluding carboxylic acids is 1. The Morgan fingerprint density at radius 3 is 2.78 bits per heavy atom. The standard InChI is InChI=1S/C14H15NO3/c1-9(2)14(17)18-8-11-7-10-5-3-4-6-12(10)15-13(11)16/h3-7,9H,8H2,1-2H3,(H,15,16). The van der Waals surface area contributed by atoms with Crippen LogP contribution in [0.4, 0.5) is 0 Å². The van der Waals surface area contributed by atoms with Crippen molar-refractivity contribution in [2.75, 3.05) is 0 Å². The van der Waals surface area contributed by atoms with Crippen LogP contribution in [0.15, 0.2) is 35.1 Å². The van der Waals surface area contributed by atoms with Crippen molar-refractivity contribution in [3.8, 4) is 0 Å². The lowest BCUT2D eigenvalue weighted by Gasteiger charge is -2.07. The highest BCUT2D eigenvalue weighted by atomic mass is 16.5. The predicted octanol–water partition coefficient (Wildman–Crippen LogP) is 2.23. The van der Waals surface area contributed by atoms with E-state index < -0.39 is 0 Å². The van der Waals surface area contributed by atoms with Gasteiger partial charge >= 0.3 is 5.97 Å². The molecule has 2 aromatic rings. The van der Waals surface area contributed by atoms with Crippen LogP contribution in [0.5, 0.6) is 0 Å². The van der Waals surface area contributed by atoms with Crippen molar-refractivity contribution < 1.29 is 9.53 Å². The lowest BCUT2D eigenvalue weighted by Crippen LogP contribution is -2.17. The molecule has 0 amide bonds. The quantitative estimate of drug-likeness (QED) is 0.843. The first-order chi connectivity index (χ1) is 8.58. The van der Waals surface area contributed by atoms with E-state index in [0.717, 1.165) is 10.9 Å². The molecule has 18 heavy (non-hydrogen) atoms. The molecular weight excluding hydrogens is 230 g/mol. The van der Waals surface area contributed by atoms with E-state index in [4.69, 9.17) is 4.74 Å². The Balaban J connectivity index is 2.26. The molecule has 0 spiro atoms. The molecule has 0 unspecified atom stereocenters. The molecule has 0 bridgehead atoms. The smallest absolute Gasteiger partial charge is 0.308 e. The van der Waals surface area contributed by atoms with Crippen LogP contribution in [0.3, 0.4) is 0 Å². The summed E-state index contributed by atoms with van der Waals surface area (Å²) in [5.74, 6) is -0.493. The number of aromatic nitrogens is 1. The van der Waals surface area contributed by atoms with Gasteiger partial charge in [0.1, 0.15) is 6.61 Å². The van der Waals surface area contributed by atoms with E-state index in [1.807, 2.05) is 24.3 Å². The minimum atomic E-state index is -0.303. The van der Waals surface area contributed by atoms with E-state index in [-0.39, 0.29) is 24.1 Å². The van der Waals surface area contributed by atoms with Crippen molar-refractivity contribution in [3.05, 3.63) is 46.2 Å². The first-order valence-electron chi connectivity index (χ1n) is 5.85. The van der Waals surface area contributed by atoms with Crippen molar-refractivity contribution in [1.82, 2.24) is 4.98 Å². The molecule has 0 fully saturated rings. The Kier molecular flexibility index (Phi) is 3.46. The Morgan fingerprint density at radius 2 is 2.06 bits per heavy atom. The largest absolute Gasteiger partial charge is 0.460 e. The summed E-state index contributed by atoms with van der Waals surface area (Å²) in [7, 11) is 0. The van der Waals surface area contributed by atoms with Crippen LogP contribution < -0.4 is 5.56 Å². The number of para-hydroxylation sites is 1. The topological polar surface area (TPSA) is 59.2 Å². The van der Waals surface area contributed by atoms with Gasteiger partial charge in [0.25, 0.3) is 5.56 Å². The van der Waals surface area contributed by atoms with Crippen LogP contribution >= 0.6 is 0 Å². The summed E-state index contributed by atoms with van der Waals surface area (Å²) in [5, 5.41) is 0.924. The molecule has 1 heterocycles. The molecular formula is C14H15NO3. The Hall–Kier alpha value is -2.10. The number of fused-ring (bicyclic) bond motifs is 1. The average molecular weight is 245 g/mol. The third kappa shape index (κ3) is 2.59. The number of benzene rings is 1. The second kappa shape index (κ2) is 5.04. The third-order valence-electron chi connectivity index (χ3n) is 2.67. The molecule has 1 aromatic carbocycles. The summed E-state index contributed by atoms with van der Waals surface area (Å²) < 4.78 is 5.06. The van der Waals surface area contributed by atoms with Crippen molar-refractivity contribution in [2.45, 2.75) is 20.5 Å². The molecule has 2 rings (SSSR count). The second-order valence-corrected chi connectivity index (χ2v) is 4.47. The first kappa shape index (κ1) is 12.4. The van der Waals surface area contributed by atoms with Gasteiger partial charge in [0, 0.05) is 5.52 Å². The zero-order valence-electron chi connectivity index (χ0n) is 10.4. The molecule has 0 radical (unpaired) electrons. The fourth-order valence-electron chi connectivity index (χ4n) is 1.62. The monoisotopic (exact) mass is 245 g/mol. The highest BCUT2D eigenvalue weighted by molar-refractivity contribution is 5.78. The second-order valence-electron chi connectivity index (χ2n) is 4.47. The Bertz CT molecular complexity index is 628. The molecule has 0 saturated carbocycles. The number of hydrogen-bond donors (Lipinski definition) is 1. The maximum absolute atomic E-state index is 11.8. The average Bonchev–Trinajstić information content (AvgIpc) is 2.35. The fraction of sp³-hybridized carbons (Fsp3) is 0.286. The molecule has 4 nitrogen and oxygen atoms in total. The van der Waals surface area contributed by atoms with Crippen LogP contribution in [-0.4, -0.2) is 11.0 Å². The minimum absolute atomic E-state index is 0.0111. The van der Waals surface area contributed by atoms with E-state index >= 15 is 0 Å². The fourth-order valence-corrected chi connectivity index (χ4v) is 1.62. The Morgan fingerprint density at radius 1 is 1.33 bits per heavy atom. The molecule has 0 saturated heterocycles. The number of carbonyl (C=O) groups is 1. The van der Waals surface area contributed by atoms with Crippen molar-refractivity contribution in [3.63, 3.8) is 0 Å². The number of aromatic amines is 1. The summed E-state index contributed by atoms with van der Waals surface area (Å²) in [6.07, 6.45) is 0. The zero-order valence-corrected chi connectivity index (χ0v) is 10.4. The summed E-state index contributed by atoms with van der Waals surface area (Å²) in [4.78, 5) is 25.9. The van der Waals surface area contributed by atoms with Crippen LogP contribution in [0.1, 0.15) is 19.4 Å². The van der Waals surface area contributed by atoms with E-state index in [9.17, 15) is 9.59 Å². The van der Waals surface area contributed by atoms with Gasteiger partial charge in [-0.25, -0.2) is 0 Å². The lowest BCUT2D eigenvalue weighted by atomic mass is 10.1. The predicted molar refractivity (Wildman–Crippen MR) is 69.2 cm³/mol. The van der Waals surface area contributed by atoms with Gasteiger partial charge in [0.15, 0.2) is 0 Å². The highest BCUT2D eigenvalue weighted by Gasteiger charge is 2.10. The molecule has 0 aliphatic rings. The number of H-pyrrole nitrogens is 1. The van der Waals surface area contributed by atoms with Crippen molar-refractivity contribution >= 4 is 16.9 Å². The maximum atomic E-state index is 11.8. The molecule has 1 N–H and O–H groups in total. The van der Waals surface area contributed by atoms with Crippen LogP contribution in [0.2, 0.25) is 0 Å². The SMILES string of the molecule is CC(C)C(=O)OCc1cc2ccccc2[nH]c1=O. The molecule has 0 aliphatic carbocycles. The zero-order chi connectivity index (χ0) is 13.1. The van der Waals surface area contributed by atoms with Crippen LogP contribution in [0.25, 0.3) is 10.9 Å². The van der Waals surface area contributed by atoms with Gasteiger partial charge in [-0.2, -0.15) is 0 Å². The number of rotatable bonds is 3. The minimum Gasteiger partial charge on any atom is -0.460 e. The van der Waals surface area contributed by atoms with Gasteiger partial charge < -0.3 is 9.72 Å². The van der Waals surface area contributed by atoms with E-state index in [1.54, 1.807) is 19.9 Å². The first-order valence-corrected chi connectivity index (χ1v) is 5.85. The third-order valence-corrected chi connectivity index (χ3v) is 2.67. The van der Waals surface area contributed by atoms with Gasteiger partial charge in [-0.1, -0.05) is 32.0 Å². The number of hydrogen-bond acceptors (Lipinski definition) is 3. The highest BCUT2D eigenvalue weighted by Crippen LogP contribution is 2.11. The van der Waals surface area contributed by atoms with Gasteiger partial charge in [0.05, 0.1) is 11.5 Å². The van der Waals surface area contributed by atoms with E-state index in [0.29, 0.717) is 5.56 Å². The Labute approximate surface area is 105 Å². The van der Waals surface area contributed by atoms with E-state index in [2.05, 4.69) is 4.98 Å². The molecule has 0 atom stereocenters. The molecule has 1 aromatic heterocycles. The lowest BCUT2D eigenvalue weighted by molar-refractivity contribution is -0.148. The summed E-state index contributed by atoms with van der Waals surface area (Å²) in [5.41, 5.74) is 1.02. The van der Waals surface area contributed by atoms with Gasteiger partial charge in [-0.05, 0) is 17.5 Å². The maximum Gasteiger partial charge on any atom is 0.308 e. The normalized spacial score (nSPS) is 10.8.